The van der Waals surface area contributed by atoms with Crippen molar-refractivity contribution in [2.24, 2.45) is 0 Å². The van der Waals surface area contributed by atoms with Crippen molar-refractivity contribution in [3.05, 3.63) is 0 Å². The molecule has 0 saturated heterocycles. The van der Waals surface area contributed by atoms with Gasteiger partial charge in [0, 0.05) is 12.8 Å². The molecule has 0 heterocycles. The summed E-state index contributed by atoms with van der Waals surface area (Å²) in [5, 5.41) is 0. The molecular weight excluding hydrogens is 569 g/mol. The lowest BCUT2D eigenvalue weighted by Crippen LogP contribution is -2.37. The van der Waals surface area contributed by atoms with Crippen molar-refractivity contribution in [1.82, 2.24) is 0 Å². The molecule has 0 radical (unpaired) electrons. The standard InChI is InChI=1S/C33H66NO8P/c1-6-8-10-12-14-15-16-17-18-20-22-24-26-33(36)42-31(30-41-43(37,38)40-28-27-34(3,4)5)29-39-32(35)25-23-21-19-13-11-9-7-2/h31H,6-30H2,1-5H3/p+1. The zero-order valence-corrected chi connectivity index (χ0v) is 29.3. The number of hydrogen-bond donors (Lipinski definition) is 1. The summed E-state index contributed by atoms with van der Waals surface area (Å²) in [7, 11) is 1.48. The summed E-state index contributed by atoms with van der Waals surface area (Å²) in [5.41, 5.74) is 0. The average Bonchev–Trinajstić information content (AvgIpc) is 2.93. The molecule has 256 valence electrons. The molecule has 1 N–H and O–H groups in total. The lowest BCUT2D eigenvalue weighted by atomic mass is 10.0. The normalized spacial score (nSPS) is 13.9. The van der Waals surface area contributed by atoms with E-state index < -0.39 is 26.5 Å². The third-order valence-corrected chi connectivity index (χ3v) is 8.37. The molecule has 2 atom stereocenters. The molecule has 0 aliphatic rings. The van der Waals surface area contributed by atoms with Gasteiger partial charge >= 0.3 is 19.8 Å². The van der Waals surface area contributed by atoms with Crippen molar-refractivity contribution < 1.29 is 42.1 Å². The molecular formula is C33H67NO8P+. The highest BCUT2D eigenvalue weighted by molar-refractivity contribution is 7.47. The molecule has 10 heteroatoms. The number of rotatable bonds is 31. The minimum atomic E-state index is -4.35. The fourth-order valence-corrected chi connectivity index (χ4v) is 5.34. The molecule has 9 nitrogen and oxygen atoms in total. The van der Waals surface area contributed by atoms with E-state index in [4.69, 9.17) is 18.5 Å². The first kappa shape index (κ1) is 42.0. The van der Waals surface area contributed by atoms with Gasteiger partial charge in [-0.3, -0.25) is 18.6 Å². The molecule has 0 amide bonds. The van der Waals surface area contributed by atoms with Crippen LogP contribution in [0.1, 0.15) is 149 Å². The van der Waals surface area contributed by atoms with Crippen LogP contribution in [0.15, 0.2) is 0 Å². The smallest absolute Gasteiger partial charge is 0.462 e. The summed E-state index contributed by atoms with van der Waals surface area (Å²) < 4.78 is 33.9. The average molecular weight is 637 g/mol. The highest BCUT2D eigenvalue weighted by atomic mass is 31.2. The number of hydrogen-bond acceptors (Lipinski definition) is 7. The Morgan fingerprint density at radius 1 is 0.628 bits per heavy atom. The van der Waals surface area contributed by atoms with Crippen molar-refractivity contribution in [2.45, 2.75) is 155 Å². The van der Waals surface area contributed by atoms with E-state index in [1.165, 1.54) is 83.5 Å². The van der Waals surface area contributed by atoms with Crippen LogP contribution in [-0.4, -0.2) is 74.9 Å². The van der Waals surface area contributed by atoms with E-state index in [1.54, 1.807) is 0 Å². The molecule has 0 aromatic carbocycles. The number of carbonyl (C=O) groups excluding carboxylic acids is 2. The van der Waals surface area contributed by atoms with Gasteiger partial charge in [0.1, 0.15) is 19.8 Å². The van der Waals surface area contributed by atoms with Crippen molar-refractivity contribution in [1.29, 1.82) is 0 Å². The van der Waals surface area contributed by atoms with Crippen LogP contribution in [0.3, 0.4) is 0 Å². The molecule has 0 rings (SSSR count). The summed E-state index contributed by atoms with van der Waals surface area (Å²) in [6.45, 7) is 4.36. The molecule has 43 heavy (non-hydrogen) atoms. The van der Waals surface area contributed by atoms with E-state index in [0.29, 0.717) is 23.9 Å². The number of likely N-dealkylation sites (N-methyl/N-ethyl adjacent to an activating group) is 1. The fourth-order valence-electron chi connectivity index (χ4n) is 4.60. The van der Waals surface area contributed by atoms with Gasteiger partial charge in [-0.2, -0.15) is 0 Å². The predicted octanol–water partition coefficient (Wildman–Crippen LogP) is 8.51. The monoisotopic (exact) mass is 636 g/mol. The second-order valence-electron chi connectivity index (χ2n) is 12.9. The Morgan fingerprint density at radius 3 is 1.49 bits per heavy atom. The maximum Gasteiger partial charge on any atom is 0.472 e. The van der Waals surface area contributed by atoms with Crippen LogP contribution < -0.4 is 0 Å². The summed E-state index contributed by atoms with van der Waals surface area (Å²) in [6, 6.07) is 0. The molecule has 2 unspecified atom stereocenters. The summed E-state index contributed by atoms with van der Waals surface area (Å²) in [6.07, 6.45) is 21.6. The van der Waals surface area contributed by atoms with Crippen LogP contribution in [0.4, 0.5) is 0 Å². The van der Waals surface area contributed by atoms with Gasteiger partial charge in [0.2, 0.25) is 0 Å². The molecule has 0 aliphatic carbocycles. The highest BCUT2D eigenvalue weighted by Crippen LogP contribution is 2.43. The van der Waals surface area contributed by atoms with Crippen LogP contribution in [-0.2, 0) is 32.7 Å². The Morgan fingerprint density at radius 2 is 1.05 bits per heavy atom. The SMILES string of the molecule is CCCCCCCCCCCCCCC(=O)OC(COC(=O)CCCCCCCCC)COP(=O)(O)OCC[N+](C)(C)C. The number of esters is 2. The fraction of sp³-hybridized carbons (Fsp3) is 0.939. The van der Waals surface area contributed by atoms with Gasteiger partial charge in [-0.25, -0.2) is 4.57 Å². The second-order valence-corrected chi connectivity index (χ2v) is 14.4. The number of ether oxygens (including phenoxy) is 2. The van der Waals surface area contributed by atoms with E-state index in [1.807, 2.05) is 21.1 Å². The van der Waals surface area contributed by atoms with Gasteiger partial charge in [0.25, 0.3) is 0 Å². The Kier molecular flexibility index (Phi) is 26.7. The maximum absolute atomic E-state index is 12.5. The number of nitrogens with zero attached hydrogens (tertiary/aromatic N) is 1. The molecule has 0 aromatic heterocycles. The first-order chi connectivity index (χ1) is 20.5. The minimum absolute atomic E-state index is 0.0358. The van der Waals surface area contributed by atoms with Crippen molar-refractivity contribution >= 4 is 19.8 Å². The van der Waals surface area contributed by atoms with Crippen molar-refractivity contribution in [3.63, 3.8) is 0 Å². The zero-order chi connectivity index (χ0) is 32.2. The van der Waals surface area contributed by atoms with Gasteiger partial charge in [-0.15, -0.1) is 0 Å². The lowest BCUT2D eigenvalue weighted by Gasteiger charge is -2.24. The topological polar surface area (TPSA) is 108 Å². The van der Waals surface area contributed by atoms with E-state index in [2.05, 4.69) is 13.8 Å². The van der Waals surface area contributed by atoms with Gasteiger partial charge in [0.15, 0.2) is 6.10 Å². The zero-order valence-electron chi connectivity index (χ0n) is 28.5. The summed E-state index contributed by atoms with van der Waals surface area (Å²) in [4.78, 5) is 34.9. The van der Waals surface area contributed by atoms with Gasteiger partial charge in [-0.05, 0) is 12.8 Å². The third-order valence-electron chi connectivity index (χ3n) is 7.39. The van der Waals surface area contributed by atoms with Crippen LogP contribution in [0, 0.1) is 0 Å². The first-order valence-electron chi connectivity index (χ1n) is 17.3. The van der Waals surface area contributed by atoms with Crippen LogP contribution in [0.5, 0.6) is 0 Å². The van der Waals surface area contributed by atoms with Crippen molar-refractivity contribution in [2.75, 3.05) is 47.5 Å². The number of phosphoric ester groups is 1. The van der Waals surface area contributed by atoms with E-state index in [-0.39, 0.29) is 25.6 Å². The van der Waals surface area contributed by atoms with Crippen LogP contribution in [0.25, 0.3) is 0 Å². The number of quaternary nitrogens is 1. The van der Waals surface area contributed by atoms with Gasteiger partial charge < -0.3 is 18.9 Å². The first-order valence-corrected chi connectivity index (χ1v) is 18.8. The van der Waals surface area contributed by atoms with E-state index >= 15 is 0 Å². The van der Waals surface area contributed by atoms with E-state index in [9.17, 15) is 19.0 Å². The second kappa shape index (κ2) is 27.3. The Hall–Kier alpha value is -0.990. The largest absolute Gasteiger partial charge is 0.472 e. The molecule has 0 spiro atoms. The maximum atomic E-state index is 12.5. The van der Waals surface area contributed by atoms with Crippen molar-refractivity contribution in [3.8, 4) is 0 Å². The Balaban J connectivity index is 4.46. The molecule has 0 aromatic rings. The number of unbranched alkanes of at least 4 members (excludes halogenated alkanes) is 17. The molecule has 0 aliphatic heterocycles. The van der Waals surface area contributed by atoms with Crippen LogP contribution in [0.2, 0.25) is 0 Å². The predicted molar refractivity (Wildman–Crippen MR) is 174 cm³/mol. The molecule has 0 saturated carbocycles. The third kappa shape index (κ3) is 30.8. The van der Waals surface area contributed by atoms with E-state index in [0.717, 1.165) is 32.1 Å². The van der Waals surface area contributed by atoms with Gasteiger partial charge in [-0.1, -0.05) is 123 Å². The van der Waals surface area contributed by atoms with Crippen LogP contribution >= 0.6 is 7.82 Å². The minimum Gasteiger partial charge on any atom is -0.462 e. The summed E-state index contributed by atoms with van der Waals surface area (Å²) >= 11 is 0. The van der Waals surface area contributed by atoms with Gasteiger partial charge in [0.05, 0.1) is 27.7 Å². The quantitative estimate of drug-likeness (QED) is 0.0349. The molecule has 0 fully saturated rings. The number of phosphoric acid groups is 1. The summed E-state index contributed by atoms with van der Waals surface area (Å²) in [5.74, 6) is -0.801. The number of carbonyl (C=O) groups is 2. The lowest BCUT2D eigenvalue weighted by molar-refractivity contribution is -0.870. The Labute approximate surface area is 264 Å². The molecule has 0 bridgehead atoms. The highest BCUT2D eigenvalue weighted by Gasteiger charge is 2.27. The Bertz CT molecular complexity index is 728.